The molecule has 6 heteroatoms. The Balaban J connectivity index is 2.70. The molecule has 0 fully saturated rings. The molecule has 0 bridgehead atoms. The Morgan fingerprint density at radius 2 is 2.24 bits per heavy atom. The van der Waals surface area contributed by atoms with Crippen molar-refractivity contribution < 1.29 is 23.8 Å². The maximum absolute atomic E-state index is 12.7. The molecule has 0 aliphatic rings. The lowest BCUT2D eigenvalue weighted by Crippen LogP contribution is -2.42. The van der Waals surface area contributed by atoms with Crippen LogP contribution >= 0.6 is 11.6 Å². The summed E-state index contributed by atoms with van der Waals surface area (Å²) < 4.78 is 22.3. The highest BCUT2D eigenvalue weighted by molar-refractivity contribution is 6.32. The zero-order chi connectivity index (χ0) is 13.1. The molecular formula is C11H12ClFO4. The number of benzene rings is 1. The second kappa shape index (κ2) is 5.33. The summed E-state index contributed by atoms with van der Waals surface area (Å²) in [5, 5.41) is 9.73. The first kappa shape index (κ1) is 13.7. The quantitative estimate of drug-likeness (QED) is 0.841. The molecule has 17 heavy (non-hydrogen) atoms. The normalized spacial score (nSPS) is 13.9. The molecule has 94 valence electrons. The summed E-state index contributed by atoms with van der Waals surface area (Å²) in [6.45, 7) is 0.904. The summed E-state index contributed by atoms with van der Waals surface area (Å²) in [7, 11) is 1.15. The third-order valence-electron chi connectivity index (χ3n) is 2.03. The van der Waals surface area contributed by atoms with Gasteiger partial charge in [-0.15, -0.1) is 0 Å². The molecule has 4 nitrogen and oxygen atoms in total. The molecule has 0 aliphatic heterocycles. The van der Waals surface area contributed by atoms with Crippen LogP contribution in [0.2, 0.25) is 5.02 Å². The molecule has 1 N–H and O–H groups in total. The molecule has 1 unspecified atom stereocenters. The zero-order valence-electron chi connectivity index (χ0n) is 9.37. The molecule has 0 spiro atoms. The zero-order valence-corrected chi connectivity index (χ0v) is 10.1. The van der Waals surface area contributed by atoms with Crippen molar-refractivity contribution in [1.29, 1.82) is 0 Å². The van der Waals surface area contributed by atoms with Gasteiger partial charge in [-0.3, -0.25) is 0 Å². The number of halogens is 2. The van der Waals surface area contributed by atoms with Crippen molar-refractivity contribution >= 4 is 17.6 Å². The molecule has 0 radical (unpaired) electrons. The fourth-order valence-corrected chi connectivity index (χ4v) is 1.31. The summed E-state index contributed by atoms with van der Waals surface area (Å²) >= 11 is 5.71. The molecule has 0 saturated heterocycles. The fraction of sp³-hybridized carbons (Fsp3) is 0.364. The van der Waals surface area contributed by atoms with E-state index < -0.39 is 17.4 Å². The Bertz CT molecular complexity index is 420. The molecule has 0 heterocycles. The van der Waals surface area contributed by atoms with E-state index in [4.69, 9.17) is 16.3 Å². The summed E-state index contributed by atoms with van der Waals surface area (Å²) in [5.41, 5.74) is -1.79. The van der Waals surface area contributed by atoms with Gasteiger partial charge in [-0.1, -0.05) is 11.6 Å². The molecule has 0 saturated carbocycles. The molecular weight excluding hydrogens is 251 g/mol. The lowest BCUT2D eigenvalue weighted by molar-refractivity contribution is -0.163. The van der Waals surface area contributed by atoms with E-state index in [2.05, 4.69) is 4.74 Å². The lowest BCUT2D eigenvalue weighted by atomic mass is 10.1. The van der Waals surface area contributed by atoms with Gasteiger partial charge in [0.2, 0.25) is 0 Å². The Labute approximate surface area is 103 Å². The van der Waals surface area contributed by atoms with Gasteiger partial charge in [-0.25, -0.2) is 9.18 Å². The van der Waals surface area contributed by atoms with E-state index in [9.17, 15) is 14.3 Å². The van der Waals surface area contributed by atoms with Crippen LogP contribution in [0.1, 0.15) is 6.92 Å². The Hall–Kier alpha value is -1.33. The second-order valence-electron chi connectivity index (χ2n) is 3.63. The van der Waals surface area contributed by atoms with Crippen LogP contribution in [0.15, 0.2) is 18.2 Å². The largest absolute Gasteiger partial charge is 0.488 e. The van der Waals surface area contributed by atoms with Crippen molar-refractivity contribution in [3.8, 4) is 5.75 Å². The smallest absolute Gasteiger partial charge is 0.341 e. The highest BCUT2D eigenvalue weighted by Gasteiger charge is 2.32. The van der Waals surface area contributed by atoms with Crippen molar-refractivity contribution in [3.05, 3.63) is 29.0 Å². The van der Waals surface area contributed by atoms with Gasteiger partial charge in [-0.2, -0.15) is 0 Å². The van der Waals surface area contributed by atoms with Crippen LogP contribution in [-0.2, 0) is 9.53 Å². The molecule has 0 aliphatic carbocycles. The third-order valence-corrected chi connectivity index (χ3v) is 2.32. The SMILES string of the molecule is COC(=O)C(C)(O)COc1ccc(F)cc1Cl. The van der Waals surface area contributed by atoms with Crippen molar-refractivity contribution in [1.82, 2.24) is 0 Å². The number of esters is 1. The van der Waals surface area contributed by atoms with Gasteiger partial charge >= 0.3 is 5.97 Å². The van der Waals surface area contributed by atoms with Gasteiger partial charge in [0.25, 0.3) is 0 Å². The van der Waals surface area contributed by atoms with Crippen molar-refractivity contribution in [3.63, 3.8) is 0 Å². The Morgan fingerprint density at radius 1 is 1.59 bits per heavy atom. The third kappa shape index (κ3) is 3.57. The summed E-state index contributed by atoms with van der Waals surface area (Å²) in [6, 6.07) is 3.54. The van der Waals surface area contributed by atoms with Crippen LogP contribution in [-0.4, -0.2) is 30.4 Å². The van der Waals surface area contributed by atoms with Crippen LogP contribution in [0, 0.1) is 5.82 Å². The molecule has 0 amide bonds. The maximum atomic E-state index is 12.7. The van der Waals surface area contributed by atoms with E-state index in [0.717, 1.165) is 19.2 Å². The number of aliphatic hydroxyl groups is 1. The molecule has 0 aromatic heterocycles. The predicted molar refractivity (Wildman–Crippen MR) is 59.5 cm³/mol. The Kier molecular flexibility index (Phi) is 4.31. The van der Waals surface area contributed by atoms with E-state index in [1.54, 1.807) is 0 Å². The first-order chi connectivity index (χ1) is 7.86. The summed E-state index contributed by atoms with van der Waals surface area (Å²) in [6.07, 6.45) is 0. The van der Waals surface area contributed by atoms with E-state index in [-0.39, 0.29) is 17.4 Å². The monoisotopic (exact) mass is 262 g/mol. The molecule has 1 rings (SSSR count). The van der Waals surface area contributed by atoms with Crippen LogP contribution < -0.4 is 4.74 Å². The number of hydrogen-bond acceptors (Lipinski definition) is 4. The van der Waals surface area contributed by atoms with Crippen LogP contribution in [0.3, 0.4) is 0 Å². The van der Waals surface area contributed by atoms with Gasteiger partial charge in [0.05, 0.1) is 12.1 Å². The van der Waals surface area contributed by atoms with Crippen molar-refractivity contribution in [2.24, 2.45) is 0 Å². The van der Waals surface area contributed by atoms with Gasteiger partial charge in [-0.05, 0) is 25.1 Å². The van der Waals surface area contributed by atoms with Crippen LogP contribution in [0.4, 0.5) is 4.39 Å². The number of rotatable bonds is 4. The van der Waals surface area contributed by atoms with E-state index in [0.29, 0.717) is 0 Å². The van der Waals surface area contributed by atoms with Gasteiger partial charge < -0.3 is 14.6 Å². The first-order valence-electron chi connectivity index (χ1n) is 4.75. The highest BCUT2D eigenvalue weighted by atomic mass is 35.5. The number of carbonyl (C=O) groups excluding carboxylic acids is 1. The van der Waals surface area contributed by atoms with Crippen molar-refractivity contribution in [2.45, 2.75) is 12.5 Å². The van der Waals surface area contributed by atoms with Gasteiger partial charge in [0, 0.05) is 0 Å². The van der Waals surface area contributed by atoms with Gasteiger partial charge in [0.1, 0.15) is 18.2 Å². The predicted octanol–water partition coefficient (Wildman–Crippen LogP) is 1.78. The molecule has 1 atom stereocenters. The van der Waals surface area contributed by atoms with Crippen LogP contribution in [0.5, 0.6) is 5.75 Å². The average molecular weight is 263 g/mol. The minimum absolute atomic E-state index is 0.0608. The first-order valence-corrected chi connectivity index (χ1v) is 5.13. The van der Waals surface area contributed by atoms with E-state index >= 15 is 0 Å². The molecule has 1 aromatic carbocycles. The topological polar surface area (TPSA) is 55.8 Å². The van der Waals surface area contributed by atoms with Crippen molar-refractivity contribution in [2.75, 3.05) is 13.7 Å². The summed E-state index contributed by atoms with van der Waals surface area (Å²) in [4.78, 5) is 11.1. The summed E-state index contributed by atoms with van der Waals surface area (Å²) in [5.74, 6) is -1.14. The maximum Gasteiger partial charge on any atom is 0.341 e. The Morgan fingerprint density at radius 3 is 2.76 bits per heavy atom. The van der Waals surface area contributed by atoms with E-state index in [1.165, 1.54) is 13.0 Å². The fourth-order valence-electron chi connectivity index (χ4n) is 1.09. The minimum Gasteiger partial charge on any atom is -0.488 e. The number of carbonyl (C=O) groups is 1. The number of ether oxygens (including phenoxy) is 2. The number of methoxy groups -OCH3 is 1. The standard InChI is InChI=1S/C11H12ClFO4/c1-11(15,10(14)16-2)6-17-9-4-3-7(13)5-8(9)12/h3-5,15H,6H2,1-2H3. The van der Waals surface area contributed by atoms with Crippen LogP contribution in [0.25, 0.3) is 0 Å². The average Bonchev–Trinajstić information content (AvgIpc) is 2.26. The minimum atomic E-state index is -1.79. The van der Waals surface area contributed by atoms with E-state index in [1.807, 2.05) is 0 Å². The lowest BCUT2D eigenvalue weighted by Gasteiger charge is -2.20. The second-order valence-corrected chi connectivity index (χ2v) is 4.04. The van der Waals surface area contributed by atoms with Gasteiger partial charge in [0.15, 0.2) is 5.60 Å². The molecule has 1 aromatic rings. The highest BCUT2D eigenvalue weighted by Crippen LogP contribution is 2.25. The number of hydrogen-bond donors (Lipinski definition) is 1.